The Labute approximate surface area is 131 Å². The van der Waals surface area contributed by atoms with Crippen molar-refractivity contribution in [3.05, 3.63) is 57.9 Å². The summed E-state index contributed by atoms with van der Waals surface area (Å²) in [5.74, 6) is 0. The molecule has 0 fully saturated rings. The van der Waals surface area contributed by atoms with Gasteiger partial charge in [-0.25, -0.2) is 4.98 Å². The Hall–Kier alpha value is -2.60. The molecular formula is C16H14N4OS. The lowest BCUT2D eigenvalue weighted by Crippen LogP contribution is -1.99. The normalized spacial score (nSPS) is 11.2. The Morgan fingerprint density at radius 1 is 1.14 bits per heavy atom. The van der Waals surface area contributed by atoms with Crippen molar-refractivity contribution >= 4 is 29.8 Å². The van der Waals surface area contributed by atoms with Crippen molar-refractivity contribution in [3.8, 4) is 5.13 Å². The summed E-state index contributed by atoms with van der Waals surface area (Å²) in [5, 5.41) is 8.69. The standard InChI is InChI=1S/C16H14N4OS/c1-11-12(2)22-16(17-11)20-15(14(10-21)18-19-20)9-8-13-6-4-3-5-7-13/h3-10H,1-2H3/b9-8+. The third-order valence-electron chi connectivity index (χ3n) is 3.28. The summed E-state index contributed by atoms with van der Waals surface area (Å²) in [6, 6.07) is 9.86. The second kappa shape index (κ2) is 6.03. The van der Waals surface area contributed by atoms with Gasteiger partial charge in [-0.15, -0.1) is 5.10 Å². The van der Waals surface area contributed by atoms with E-state index in [4.69, 9.17) is 0 Å². The SMILES string of the molecule is Cc1nc(-n2nnc(C=O)c2/C=C/c2ccccc2)sc1C. The number of aryl methyl sites for hydroxylation is 2. The van der Waals surface area contributed by atoms with E-state index in [-0.39, 0.29) is 0 Å². The van der Waals surface area contributed by atoms with Crippen molar-refractivity contribution in [1.82, 2.24) is 20.0 Å². The van der Waals surface area contributed by atoms with Gasteiger partial charge in [0.25, 0.3) is 0 Å². The van der Waals surface area contributed by atoms with E-state index in [0.717, 1.165) is 16.1 Å². The van der Waals surface area contributed by atoms with Crippen LogP contribution in [0.1, 0.15) is 32.3 Å². The van der Waals surface area contributed by atoms with Crippen LogP contribution in [-0.2, 0) is 0 Å². The van der Waals surface area contributed by atoms with Gasteiger partial charge in [-0.05, 0) is 25.5 Å². The highest BCUT2D eigenvalue weighted by molar-refractivity contribution is 7.14. The topological polar surface area (TPSA) is 60.7 Å². The lowest BCUT2D eigenvalue weighted by molar-refractivity contribution is 0.111. The highest BCUT2D eigenvalue weighted by atomic mass is 32.1. The van der Waals surface area contributed by atoms with Crippen LogP contribution >= 0.6 is 11.3 Å². The van der Waals surface area contributed by atoms with Crippen LogP contribution in [0.2, 0.25) is 0 Å². The summed E-state index contributed by atoms with van der Waals surface area (Å²) in [6.07, 6.45) is 4.47. The molecular weight excluding hydrogens is 296 g/mol. The van der Waals surface area contributed by atoms with Crippen LogP contribution in [0.25, 0.3) is 17.3 Å². The van der Waals surface area contributed by atoms with Crippen molar-refractivity contribution in [2.45, 2.75) is 13.8 Å². The Bertz CT molecular complexity index is 814. The number of rotatable bonds is 4. The lowest BCUT2D eigenvalue weighted by atomic mass is 10.2. The van der Waals surface area contributed by atoms with E-state index in [1.807, 2.05) is 56.3 Å². The van der Waals surface area contributed by atoms with Crippen LogP contribution in [0, 0.1) is 13.8 Å². The molecule has 0 spiro atoms. The lowest BCUT2D eigenvalue weighted by Gasteiger charge is -1.98. The maximum absolute atomic E-state index is 11.2. The minimum Gasteiger partial charge on any atom is -0.296 e. The fraction of sp³-hybridized carbons (Fsp3) is 0.125. The van der Waals surface area contributed by atoms with Gasteiger partial charge in [-0.3, -0.25) is 4.79 Å². The predicted molar refractivity (Wildman–Crippen MR) is 87.3 cm³/mol. The van der Waals surface area contributed by atoms with Crippen LogP contribution in [0.3, 0.4) is 0 Å². The molecule has 0 amide bonds. The van der Waals surface area contributed by atoms with Crippen LogP contribution in [0.4, 0.5) is 0 Å². The molecule has 22 heavy (non-hydrogen) atoms. The van der Waals surface area contributed by atoms with Crippen LogP contribution < -0.4 is 0 Å². The maximum atomic E-state index is 11.2. The third-order valence-corrected chi connectivity index (χ3v) is 4.32. The van der Waals surface area contributed by atoms with Crippen LogP contribution in [0.15, 0.2) is 30.3 Å². The van der Waals surface area contributed by atoms with Crippen LogP contribution in [0.5, 0.6) is 0 Å². The molecule has 2 heterocycles. The summed E-state index contributed by atoms with van der Waals surface area (Å²) in [6.45, 7) is 3.96. The summed E-state index contributed by atoms with van der Waals surface area (Å²) < 4.78 is 1.60. The van der Waals surface area contributed by atoms with E-state index >= 15 is 0 Å². The molecule has 0 N–H and O–H groups in total. The second-order valence-corrected chi connectivity index (χ2v) is 5.95. The largest absolute Gasteiger partial charge is 0.296 e. The molecule has 6 heteroatoms. The molecule has 3 rings (SSSR count). The molecule has 110 valence electrons. The Morgan fingerprint density at radius 2 is 1.91 bits per heavy atom. The average Bonchev–Trinajstić information content (AvgIpc) is 3.09. The molecule has 0 saturated heterocycles. The number of carbonyl (C=O) groups is 1. The fourth-order valence-corrected chi connectivity index (χ4v) is 2.84. The Balaban J connectivity index is 2.04. The highest BCUT2D eigenvalue weighted by Crippen LogP contribution is 2.22. The van der Waals surface area contributed by atoms with E-state index in [2.05, 4.69) is 15.3 Å². The average molecular weight is 310 g/mol. The number of nitrogens with zero attached hydrogens (tertiary/aromatic N) is 4. The zero-order chi connectivity index (χ0) is 15.5. The molecule has 0 aliphatic heterocycles. The van der Waals surface area contributed by atoms with Crippen molar-refractivity contribution in [2.24, 2.45) is 0 Å². The highest BCUT2D eigenvalue weighted by Gasteiger charge is 2.14. The molecule has 0 unspecified atom stereocenters. The van der Waals surface area contributed by atoms with Gasteiger partial charge in [0.15, 0.2) is 12.0 Å². The van der Waals surface area contributed by atoms with Gasteiger partial charge in [-0.2, -0.15) is 4.68 Å². The first-order chi connectivity index (χ1) is 10.7. The van der Waals surface area contributed by atoms with E-state index in [0.29, 0.717) is 22.8 Å². The number of thiazole rings is 1. The molecule has 0 radical (unpaired) electrons. The quantitative estimate of drug-likeness (QED) is 0.694. The van der Waals surface area contributed by atoms with Crippen molar-refractivity contribution in [2.75, 3.05) is 0 Å². The minimum absolute atomic E-state index is 0.303. The van der Waals surface area contributed by atoms with Gasteiger partial charge in [0, 0.05) is 4.88 Å². The zero-order valence-electron chi connectivity index (χ0n) is 12.2. The van der Waals surface area contributed by atoms with E-state index in [1.54, 1.807) is 4.68 Å². The first kappa shape index (κ1) is 14.3. The van der Waals surface area contributed by atoms with Gasteiger partial charge in [0.1, 0.15) is 5.69 Å². The number of carbonyl (C=O) groups excluding carboxylic acids is 1. The first-order valence-corrected chi connectivity index (χ1v) is 7.59. The van der Waals surface area contributed by atoms with Gasteiger partial charge in [-0.1, -0.05) is 53.0 Å². The van der Waals surface area contributed by atoms with E-state index in [1.165, 1.54) is 11.3 Å². The minimum atomic E-state index is 0.303. The molecule has 0 saturated carbocycles. The number of hydrogen-bond donors (Lipinski definition) is 0. The van der Waals surface area contributed by atoms with Gasteiger partial charge in [0.2, 0.25) is 5.13 Å². The Morgan fingerprint density at radius 3 is 2.55 bits per heavy atom. The van der Waals surface area contributed by atoms with Crippen LogP contribution in [-0.4, -0.2) is 26.3 Å². The summed E-state index contributed by atoms with van der Waals surface area (Å²) in [5.41, 5.74) is 2.94. The summed E-state index contributed by atoms with van der Waals surface area (Å²) >= 11 is 1.53. The molecule has 2 aromatic heterocycles. The number of hydrogen-bond acceptors (Lipinski definition) is 5. The maximum Gasteiger partial charge on any atom is 0.212 e. The predicted octanol–water partition coefficient (Wildman–Crippen LogP) is 3.32. The molecule has 0 aliphatic carbocycles. The van der Waals surface area contributed by atoms with Gasteiger partial charge in [0.05, 0.1) is 5.69 Å². The molecule has 0 bridgehead atoms. The van der Waals surface area contributed by atoms with E-state index in [9.17, 15) is 4.79 Å². The number of aldehydes is 1. The molecule has 3 aromatic rings. The number of benzene rings is 1. The Kier molecular flexibility index (Phi) is 3.93. The number of aromatic nitrogens is 4. The summed E-state index contributed by atoms with van der Waals surface area (Å²) in [7, 11) is 0. The summed E-state index contributed by atoms with van der Waals surface area (Å²) in [4.78, 5) is 16.8. The van der Waals surface area contributed by atoms with E-state index < -0.39 is 0 Å². The van der Waals surface area contributed by atoms with Crippen molar-refractivity contribution in [3.63, 3.8) is 0 Å². The second-order valence-electron chi connectivity index (χ2n) is 4.77. The van der Waals surface area contributed by atoms with Crippen molar-refractivity contribution < 1.29 is 4.79 Å². The fourth-order valence-electron chi connectivity index (χ4n) is 1.97. The third kappa shape index (κ3) is 2.73. The zero-order valence-corrected chi connectivity index (χ0v) is 13.0. The van der Waals surface area contributed by atoms with Gasteiger partial charge < -0.3 is 0 Å². The molecule has 0 atom stereocenters. The van der Waals surface area contributed by atoms with Gasteiger partial charge >= 0.3 is 0 Å². The smallest absolute Gasteiger partial charge is 0.212 e. The molecule has 0 aliphatic rings. The first-order valence-electron chi connectivity index (χ1n) is 6.77. The monoisotopic (exact) mass is 310 g/mol. The van der Waals surface area contributed by atoms with Crippen molar-refractivity contribution in [1.29, 1.82) is 0 Å². The molecule has 1 aromatic carbocycles. The molecule has 5 nitrogen and oxygen atoms in total.